The monoisotopic (exact) mass is 417 g/mol. The van der Waals surface area contributed by atoms with E-state index in [0.717, 1.165) is 36.1 Å². The molecular weight excluding hydrogens is 390 g/mol. The number of esters is 1. The van der Waals surface area contributed by atoms with Gasteiger partial charge in [0.05, 0.1) is 26.1 Å². The van der Waals surface area contributed by atoms with Gasteiger partial charge in [-0.1, -0.05) is 48.5 Å². The number of carbonyl (C=O) groups is 2. The minimum absolute atomic E-state index is 0.0338. The number of benzene rings is 2. The maximum atomic E-state index is 13.5. The van der Waals surface area contributed by atoms with E-state index in [4.69, 9.17) is 4.74 Å². The maximum Gasteiger partial charge on any atom is 0.319 e. The maximum absolute atomic E-state index is 13.5. The van der Waals surface area contributed by atoms with E-state index in [1.165, 1.54) is 12.7 Å². The molecule has 2 aliphatic heterocycles. The zero-order valence-electron chi connectivity index (χ0n) is 17.7. The number of aromatic nitrogens is 1. The van der Waals surface area contributed by atoms with Crippen LogP contribution in [0.25, 0.3) is 10.9 Å². The Hall–Kier alpha value is -3.12. The lowest BCUT2D eigenvalue weighted by Gasteiger charge is -2.30. The van der Waals surface area contributed by atoms with E-state index in [9.17, 15) is 9.59 Å². The van der Waals surface area contributed by atoms with Gasteiger partial charge in [-0.15, -0.1) is 0 Å². The number of nitrogens with one attached hydrogen (secondary N) is 1. The number of H-pyrrole nitrogens is 1. The van der Waals surface area contributed by atoms with Crippen molar-refractivity contribution in [3.05, 3.63) is 71.9 Å². The summed E-state index contributed by atoms with van der Waals surface area (Å²) in [5, 5.41) is 1.11. The van der Waals surface area contributed by atoms with Crippen LogP contribution in [0.5, 0.6) is 0 Å². The number of ether oxygens (including phenoxy) is 1. The highest BCUT2D eigenvalue weighted by Crippen LogP contribution is 2.45. The van der Waals surface area contributed by atoms with Crippen LogP contribution >= 0.6 is 0 Å². The quantitative estimate of drug-likeness (QED) is 0.648. The summed E-state index contributed by atoms with van der Waals surface area (Å²) in [5.74, 6) is 0.636. The van der Waals surface area contributed by atoms with Crippen molar-refractivity contribution in [3.8, 4) is 0 Å². The first-order valence-corrected chi connectivity index (χ1v) is 10.8. The number of amides is 1. The summed E-state index contributed by atoms with van der Waals surface area (Å²) < 4.78 is 4.85. The average molecular weight is 418 g/mol. The van der Waals surface area contributed by atoms with E-state index in [-0.39, 0.29) is 17.9 Å². The smallest absolute Gasteiger partial charge is 0.319 e. The van der Waals surface area contributed by atoms with Gasteiger partial charge in [-0.25, -0.2) is 0 Å². The van der Waals surface area contributed by atoms with Crippen LogP contribution in [0.3, 0.4) is 0 Å². The predicted molar refractivity (Wildman–Crippen MR) is 118 cm³/mol. The molecule has 160 valence electrons. The van der Waals surface area contributed by atoms with Gasteiger partial charge in [0.1, 0.15) is 0 Å². The molecule has 0 spiro atoms. The minimum Gasteiger partial charge on any atom is -0.468 e. The van der Waals surface area contributed by atoms with Gasteiger partial charge in [-0.3, -0.25) is 14.5 Å². The number of aromatic amines is 1. The fraction of sp³-hybridized carbons (Fsp3) is 0.360. The highest BCUT2D eigenvalue weighted by molar-refractivity contribution is 5.89. The molecule has 2 saturated heterocycles. The lowest BCUT2D eigenvalue weighted by molar-refractivity contribution is -0.142. The van der Waals surface area contributed by atoms with E-state index in [0.29, 0.717) is 24.8 Å². The second-order valence-corrected chi connectivity index (χ2v) is 8.63. The van der Waals surface area contributed by atoms with Crippen molar-refractivity contribution < 1.29 is 14.3 Å². The van der Waals surface area contributed by atoms with Crippen LogP contribution in [0.2, 0.25) is 0 Å². The number of para-hydroxylation sites is 1. The third kappa shape index (κ3) is 3.72. The topological polar surface area (TPSA) is 65.6 Å². The van der Waals surface area contributed by atoms with Crippen LogP contribution in [0.1, 0.15) is 17.2 Å². The summed E-state index contributed by atoms with van der Waals surface area (Å²) in [7, 11) is 1.43. The number of hydrogen-bond acceptors (Lipinski definition) is 4. The third-order valence-electron chi connectivity index (χ3n) is 6.80. The van der Waals surface area contributed by atoms with E-state index in [1.807, 2.05) is 42.6 Å². The Balaban J connectivity index is 1.39. The fourth-order valence-electron chi connectivity index (χ4n) is 5.39. The molecule has 31 heavy (non-hydrogen) atoms. The number of likely N-dealkylation sites (tertiary alicyclic amines) is 2. The van der Waals surface area contributed by atoms with Crippen LogP contribution in [0.15, 0.2) is 60.8 Å². The van der Waals surface area contributed by atoms with Crippen LogP contribution in [0.4, 0.5) is 0 Å². The zero-order valence-corrected chi connectivity index (χ0v) is 17.7. The predicted octanol–water partition coefficient (Wildman–Crippen LogP) is 3.01. The van der Waals surface area contributed by atoms with Crippen LogP contribution in [-0.2, 0) is 20.7 Å². The second-order valence-electron chi connectivity index (χ2n) is 8.63. The van der Waals surface area contributed by atoms with Gasteiger partial charge < -0.3 is 14.6 Å². The van der Waals surface area contributed by atoms with Gasteiger partial charge in [0.25, 0.3) is 0 Å². The molecule has 2 aromatic carbocycles. The van der Waals surface area contributed by atoms with Crippen LogP contribution < -0.4 is 0 Å². The summed E-state index contributed by atoms with van der Waals surface area (Å²) in [6.07, 6.45) is 2.34. The Morgan fingerprint density at radius 1 is 1.03 bits per heavy atom. The van der Waals surface area contributed by atoms with Crippen molar-refractivity contribution >= 4 is 22.8 Å². The number of nitrogens with zero attached hydrogens (tertiary/aromatic N) is 2. The van der Waals surface area contributed by atoms with E-state index < -0.39 is 0 Å². The molecule has 3 aromatic rings. The molecule has 2 aliphatic rings. The summed E-state index contributed by atoms with van der Waals surface area (Å²) in [5.41, 5.74) is 3.26. The average Bonchev–Trinajstić information content (AvgIpc) is 3.47. The van der Waals surface area contributed by atoms with Gasteiger partial charge in [0, 0.05) is 42.7 Å². The Kier molecular flexibility index (Phi) is 5.24. The van der Waals surface area contributed by atoms with Crippen molar-refractivity contribution in [2.45, 2.75) is 12.5 Å². The van der Waals surface area contributed by atoms with Crippen molar-refractivity contribution in [3.63, 3.8) is 0 Å². The van der Waals surface area contributed by atoms with Gasteiger partial charge in [0.15, 0.2) is 0 Å². The molecule has 5 rings (SSSR count). The summed E-state index contributed by atoms with van der Waals surface area (Å²) in [6.45, 7) is 2.66. The molecule has 1 aromatic heterocycles. The minimum atomic E-state index is -0.205. The largest absolute Gasteiger partial charge is 0.468 e. The van der Waals surface area contributed by atoms with Crippen molar-refractivity contribution in [2.75, 3.05) is 33.3 Å². The first-order valence-electron chi connectivity index (χ1n) is 10.8. The van der Waals surface area contributed by atoms with Crippen LogP contribution in [0, 0.1) is 11.8 Å². The molecule has 6 nitrogen and oxygen atoms in total. The van der Waals surface area contributed by atoms with Gasteiger partial charge in [0.2, 0.25) is 5.91 Å². The van der Waals surface area contributed by atoms with Crippen molar-refractivity contribution in [1.29, 1.82) is 0 Å². The number of rotatable bonds is 5. The zero-order chi connectivity index (χ0) is 21.4. The molecule has 0 radical (unpaired) electrons. The molecule has 6 heteroatoms. The molecular formula is C25H27N3O3. The Morgan fingerprint density at radius 3 is 2.61 bits per heavy atom. The first-order chi connectivity index (χ1) is 15.1. The van der Waals surface area contributed by atoms with Crippen molar-refractivity contribution in [2.24, 2.45) is 11.8 Å². The molecule has 1 amide bonds. The molecule has 0 bridgehead atoms. The van der Waals surface area contributed by atoms with Crippen molar-refractivity contribution in [1.82, 2.24) is 14.8 Å². The normalized spacial score (nSPS) is 23.3. The second kappa shape index (κ2) is 8.19. The highest BCUT2D eigenvalue weighted by Gasteiger charge is 2.49. The number of carbonyl (C=O) groups excluding carboxylic acids is 2. The summed E-state index contributed by atoms with van der Waals surface area (Å²) in [6, 6.07) is 18.4. The Bertz CT molecular complexity index is 1090. The molecule has 0 aliphatic carbocycles. The van der Waals surface area contributed by atoms with E-state index >= 15 is 0 Å². The molecule has 0 unspecified atom stereocenters. The number of hydrogen-bond donors (Lipinski definition) is 1. The van der Waals surface area contributed by atoms with E-state index in [1.54, 1.807) is 0 Å². The Morgan fingerprint density at radius 2 is 1.81 bits per heavy atom. The first kappa shape index (κ1) is 19.8. The van der Waals surface area contributed by atoms with Gasteiger partial charge in [-0.2, -0.15) is 0 Å². The Labute approximate surface area is 181 Å². The van der Waals surface area contributed by atoms with E-state index in [2.05, 4.69) is 33.0 Å². The summed E-state index contributed by atoms with van der Waals surface area (Å²) >= 11 is 0. The molecule has 1 N–H and O–H groups in total. The standard InChI is InChI=1S/C25H27N3O3/c1-31-24(30)16-27-13-19-14-28(25(21(19)15-27)17-7-3-2-4-8-17)23(29)11-18-12-26-22-10-6-5-9-20(18)22/h2-10,12,19,21,25-26H,11,13-16H2,1H3/t19-,21-,25+/m0/s1. The highest BCUT2D eigenvalue weighted by atomic mass is 16.5. The van der Waals surface area contributed by atoms with Gasteiger partial charge >= 0.3 is 5.97 Å². The fourth-order valence-corrected chi connectivity index (χ4v) is 5.39. The summed E-state index contributed by atoms with van der Waals surface area (Å²) in [4.78, 5) is 32.8. The molecule has 3 heterocycles. The SMILES string of the molecule is COC(=O)CN1C[C@H]2CN(C(=O)Cc3c[nH]c4ccccc34)[C@H](c3ccccc3)[C@H]2C1. The lowest BCUT2D eigenvalue weighted by atomic mass is 9.89. The molecule has 2 fully saturated rings. The van der Waals surface area contributed by atoms with Gasteiger partial charge in [-0.05, 0) is 23.1 Å². The number of methoxy groups -OCH3 is 1. The number of fused-ring (bicyclic) bond motifs is 2. The lowest BCUT2D eigenvalue weighted by Crippen LogP contribution is -2.37. The molecule has 0 saturated carbocycles. The molecule has 3 atom stereocenters. The van der Waals surface area contributed by atoms with Crippen LogP contribution in [-0.4, -0.2) is 59.9 Å². The third-order valence-corrected chi connectivity index (χ3v) is 6.80.